The molecule has 0 saturated heterocycles. The van der Waals surface area contributed by atoms with Crippen LogP contribution in [-0.2, 0) is 17.3 Å². The Hall–Kier alpha value is -1.88. The van der Waals surface area contributed by atoms with Gasteiger partial charge in [-0.2, -0.15) is 0 Å². The van der Waals surface area contributed by atoms with Gasteiger partial charge in [-0.25, -0.2) is 0 Å². The van der Waals surface area contributed by atoms with Gasteiger partial charge in [0, 0.05) is 5.56 Å². The van der Waals surface area contributed by atoms with Gasteiger partial charge in [0.1, 0.15) is 11.9 Å². The summed E-state index contributed by atoms with van der Waals surface area (Å²) in [6.07, 6.45) is 8.88. The molecule has 0 amide bonds. The molecule has 0 aliphatic heterocycles. The standard InChI is InChI=1S/C35H56O4/c1-9-10-11-12-13-14-15-18-27-19-16-17-20-30(27)39-32(35(23-36,24-37)25-38)31-28(33(3,4)5)21-26(2)22-29(31)34(6,7)8/h16-17,19-22,32,36-38H,9-15,18,23-25H2,1-8H3. The first-order valence-electron chi connectivity index (χ1n) is 15.1. The highest BCUT2D eigenvalue weighted by Gasteiger charge is 2.45. The molecule has 0 fully saturated rings. The van der Waals surface area contributed by atoms with Crippen LogP contribution in [0.15, 0.2) is 36.4 Å². The highest BCUT2D eigenvalue weighted by atomic mass is 16.5. The zero-order chi connectivity index (χ0) is 29.3. The summed E-state index contributed by atoms with van der Waals surface area (Å²) in [4.78, 5) is 0. The maximum Gasteiger partial charge on any atom is 0.137 e. The molecule has 0 aliphatic rings. The Morgan fingerprint density at radius 3 is 1.69 bits per heavy atom. The van der Waals surface area contributed by atoms with Gasteiger partial charge in [0.2, 0.25) is 0 Å². The first-order chi connectivity index (χ1) is 18.3. The number of hydrogen-bond acceptors (Lipinski definition) is 4. The Kier molecular flexibility index (Phi) is 12.5. The van der Waals surface area contributed by atoms with Crippen LogP contribution in [0, 0.1) is 12.3 Å². The average Bonchev–Trinajstić information content (AvgIpc) is 2.88. The number of benzene rings is 2. The second kappa shape index (κ2) is 14.7. The number of unbranched alkanes of at least 4 members (excludes halogenated alkanes) is 6. The van der Waals surface area contributed by atoms with Gasteiger partial charge in [0.15, 0.2) is 0 Å². The van der Waals surface area contributed by atoms with Gasteiger partial charge in [0.25, 0.3) is 0 Å². The highest BCUT2D eigenvalue weighted by Crippen LogP contribution is 2.47. The SMILES string of the molecule is CCCCCCCCCc1ccccc1OC(c1c(C(C)(C)C)cc(C)cc1C(C)(C)C)C(CO)(CO)CO. The molecule has 4 heteroatoms. The number of aliphatic hydroxyl groups excluding tert-OH is 3. The fourth-order valence-corrected chi connectivity index (χ4v) is 5.43. The second-order valence-corrected chi connectivity index (χ2v) is 13.6. The van der Waals surface area contributed by atoms with Crippen LogP contribution >= 0.6 is 0 Å². The normalized spacial score (nSPS) is 13.5. The average molecular weight is 541 g/mol. The summed E-state index contributed by atoms with van der Waals surface area (Å²) >= 11 is 0. The Morgan fingerprint density at radius 1 is 0.718 bits per heavy atom. The fourth-order valence-electron chi connectivity index (χ4n) is 5.43. The first-order valence-corrected chi connectivity index (χ1v) is 15.1. The van der Waals surface area contributed by atoms with Crippen molar-refractivity contribution in [1.29, 1.82) is 0 Å². The molecule has 0 radical (unpaired) electrons. The predicted octanol–water partition coefficient (Wildman–Crippen LogP) is 7.97. The molecular weight excluding hydrogens is 484 g/mol. The molecular formula is C35H56O4. The van der Waals surface area contributed by atoms with Crippen molar-refractivity contribution >= 4 is 0 Å². The minimum atomic E-state index is -1.26. The largest absolute Gasteiger partial charge is 0.485 e. The van der Waals surface area contributed by atoms with Crippen molar-refractivity contribution in [2.45, 2.75) is 124 Å². The molecule has 0 saturated carbocycles. The van der Waals surface area contributed by atoms with Crippen molar-refractivity contribution in [1.82, 2.24) is 0 Å². The van der Waals surface area contributed by atoms with Crippen LogP contribution in [0.1, 0.15) is 127 Å². The van der Waals surface area contributed by atoms with Crippen LogP contribution in [0.3, 0.4) is 0 Å². The number of para-hydroxylation sites is 1. The molecule has 0 spiro atoms. The Labute approximate surface area is 238 Å². The molecule has 0 aliphatic carbocycles. The quantitative estimate of drug-likeness (QED) is 0.200. The van der Waals surface area contributed by atoms with Crippen molar-refractivity contribution in [3.8, 4) is 5.75 Å². The fraction of sp³-hybridized carbons (Fsp3) is 0.657. The van der Waals surface area contributed by atoms with Crippen molar-refractivity contribution in [2.24, 2.45) is 5.41 Å². The molecule has 220 valence electrons. The molecule has 1 unspecified atom stereocenters. The number of aryl methyl sites for hydroxylation is 2. The van der Waals surface area contributed by atoms with Crippen molar-refractivity contribution in [3.05, 3.63) is 64.2 Å². The zero-order valence-electron chi connectivity index (χ0n) is 26.1. The summed E-state index contributed by atoms with van der Waals surface area (Å²) in [6, 6.07) is 12.5. The van der Waals surface area contributed by atoms with E-state index in [4.69, 9.17) is 4.74 Å². The molecule has 1 atom stereocenters. The Balaban J connectivity index is 2.61. The van der Waals surface area contributed by atoms with Gasteiger partial charge in [-0.05, 0) is 53.4 Å². The maximum atomic E-state index is 10.7. The summed E-state index contributed by atoms with van der Waals surface area (Å²) in [5.41, 5.74) is 3.78. The van der Waals surface area contributed by atoms with Crippen LogP contribution in [-0.4, -0.2) is 35.1 Å². The lowest BCUT2D eigenvalue weighted by Gasteiger charge is -2.42. The van der Waals surface area contributed by atoms with E-state index in [2.05, 4.69) is 73.6 Å². The third-order valence-corrected chi connectivity index (χ3v) is 7.97. The third-order valence-electron chi connectivity index (χ3n) is 7.97. The summed E-state index contributed by atoms with van der Waals surface area (Å²) in [5.74, 6) is 0.758. The molecule has 3 N–H and O–H groups in total. The molecule has 2 aromatic carbocycles. The molecule has 2 aromatic rings. The van der Waals surface area contributed by atoms with E-state index in [1.807, 2.05) is 18.2 Å². The molecule has 2 rings (SSSR count). The van der Waals surface area contributed by atoms with Crippen LogP contribution in [0.5, 0.6) is 5.75 Å². The molecule has 0 heterocycles. The predicted molar refractivity (Wildman–Crippen MR) is 164 cm³/mol. The van der Waals surface area contributed by atoms with Crippen LogP contribution in [0.4, 0.5) is 0 Å². The van der Waals surface area contributed by atoms with E-state index in [-0.39, 0.29) is 10.8 Å². The van der Waals surface area contributed by atoms with E-state index in [0.29, 0.717) is 0 Å². The summed E-state index contributed by atoms with van der Waals surface area (Å²) in [5, 5.41) is 32.0. The van der Waals surface area contributed by atoms with E-state index in [1.54, 1.807) is 0 Å². The van der Waals surface area contributed by atoms with Crippen LogP contribution < -0.4 is 4.74 Å². The van der Waals surface area contributed by atoms with Gasteiger partial charge in [-0.15, -0.1) is 0 Å². The van der Waals surface area contributed by atoms with Gasteiger partial charge in [-0.1, -0.05) is 123 Å². The maximum absolute atomic E-state index is 10.7. The van der Waals surface area contributed by atoms with Crippen LogP contribution in [0.25, 0.3) is 0 Å². The molecule has 4 nitrogen and oxygen atoms in total. The zero-order valence-corrected chi connectivity index (χ0v) is 26.1. The lowest BCUT2D eigenvalue weighted by atomic mass is 9.69. The van der Waals surface area contributed by atoms with Gasteiger partial charge < -0.3 is 20.1 Å². The van der Waals surface area contributed by atoms with E-state index >= 15 is 0 Å². The van der Waals surface area contributed by atoms with Crippen LogP contribution in [0.2, 0.25) is 0 Å². The number of aliphatic hydroxyl groups is 3. The van der Waals surface area contributed by atoms with Gasteiger partial charge in [-0.3, -0.25) is 0 Å². The summed E-state index contributed by atoms with van der Waals surface area (Å²) in [6.45, 7) is 16.3. The van der Waals surface area contributed by atoms with E-state index < -0.39 is 31.3 Å². The summed E-state index contributed by atoms with van der Waals surface area (Å²) < 4.78 is 6.91. The molecule has 39 heavy (non-hydrogen) atoms. The lowest BCUT2D eigenvalue weighted by molar-refractivity contribution is -0.0755. The smallest absolute Gasteiger partial charge is 0.137 e. The molecule has 0 aromatic heterocycles. The first kappa shape index (κ1) is 33.3. The van der Waals surface area contributed by atoms with Crippen molar-refractivity contribution in [3.63, 3.8) is 0 Å². The van der Waals surface area contributed by atoms with Gasteiger partial charge in [0.05, 0.1) is 25.2 Å². The monoisotopic (exact) mass is 540 g/mol. The molecule has 0 bridgehead atoms. The number of ether oxygens (including phenoxy) is 1. The van der Waals surface area contributed by atoms with E-state index in [1.165, 1.54) is 38.5 Å². The third kappa shape index (κ3) is 8.80. The number of hydrogen-bond donors (Lipinski definition) is 3. The Bertz CT molecular complexity index is 965. The van der Waals surface area contributed by atoms with Crippen molar-refractivity contribution < 1.29 is 20.1 Å². The second-order valence-electron chi connectivity index (χ2n) is 13.6. The Morgan fingerprint density at radius 2 is 1.21 bits per heavy atom. The topological polar surface area (TPSA) is 69.9 Å². The van der Waals surface area contributed by atoms with Crippen molar-refractivity contribution in [2.75, 3.05) is 19.8 Å². The van der Waals surface area contributed by atoms with E-state index in [0.717, 1.165) is 46.4 Å². The lowest BCUT2D eigenvalue weighted by Crippen LogP contribution is -2.44. The minimum absolute atomic E-state index is 0.216. The highest BCUT2D eigenvalue weighted by molar-refractivity contribution is 5.48. The summed E-state index contributed by atoms with van der Waals surface area (Å²) in [7, 11) is 0. The number of rotatable bonds is 15. The minimum Gasteiger partial charge on any atom is -0.485 e. The van der Waals surface area contributed by atoms with E-state index in [9.17, 15) is 15.3 Å². The van der Waals surface area contributed by atoms with Gasteiger partial charge >= 0.3 is 0 Å².